The van der Waals surface area contributed by atoms with Gasteiger partial charge in [-0.3, -0.25) is 9.79 Å². The number of phenols is 1. The van der Waals surface area contributed by atoms with Crippen molar-refractivity contribution in [3.63, 3.8) is 0 Å². The van der Waals surface area contributed by atoms with E-state index in [9.17, 15) is 9.90 Å². The fourth-order valence-corrected chi connectivity index (χ4v) is 3.82. The van der Waals surface area contributed by atoms with Crippen LogP contribution in [-0.2, 0) is 0 Å². The number of carbonyl (C=O) groups is 1. The third-order valence-corrected chi connectivity index (χ3v) is 5.86. The summed E-state index contributed by atoms with van der Waals surface area (Å²) in [5.74, 6) is 0.837. The van der Waals surface area contributed by atoms with Crippen molar-refractivity contribution >= 4 is 34.7 Å². The molecule has 8 heteroatoms. The Balaban J connectivity index is 1.28. The highest BCUT2D eigenvalue weighted by Crippen LogP contribution is 2.38. The second-order valence-electron chi connectivity index (χ2n) is 7.11. The van der Waals surface area contributed by atoms with Gasteiger partial charge in [0.1, 0.15) is 5.75 Å². The quantitative estimate of drug-likeness (QED) is 0.404. The molecular formula is C21H26Cl2N2O4. The molecular weight excluding hydrogens is 415 g/mol. The van der Waals surface area contributed by atoms with Crippen LogP contribution in [0.15, 0.2) is 27.2 Å². The number of aromatic hydroxyl groups is 1. The van der Waals surface area contributed by atoms with E-state index in [2.05, 4.69) is 10.3 Å². The fraction of sp³-hybridized carbons (Fsp3) is 0.524. The zero-order valence-corrected chi connectivity index (χ0v) is 17.8. The Bertz CT molecular complexity index is 808. The first-order chi connectivity index (χ1) is 14.1. The first kappa shape index (κ1) is 21.9. The molecule has 2 N–H and O–H groups in total. The van der Waals surface area contributed by atoms with Crippen LogP contribution in [0.25, 0.3) is 0 Å². The number of fused-ring (bicyclic) bond motifs is 1. The molecule has 3 rings (SSSR count). The predicted molar refractivity (Wildman–Crippen MR) is 115 cm³/mol. The van der Waals surface area contributed by atoms with Crippen molar-refractivity contribution in [2.45, 2.75) is 44.9 Å². The minimum absolute atomic E-state index is 0.0586. The number of aliphatic imine (C=N–C) groups is 1. The molecule has 0 unspecified atom stereocenters. The van der Waals surface area contributed by atoms with Gasteiger partial charge in [-0.15, -0.1) is 0 Å². The van der Waals surface area contributed by atoms with Gasteiger partial charge in [-0.2, -0.15) is 0 Å². The van der Waals surface area contributed by atoms with E-state index in [-0.39, 0.29) is 18.3 Å². The van der Waals surface area contributed by atoms with Crippen molar-refractivity contribution < 1.29 is 19.4 Å². The van der Waals surface area contributed by atoms with E-state index in [1.807, 2.05) is 0 Å². The molecule has 1 aliphatic carbocycles. The molecule has 0 saturated carbocycles. The molecule has 1 heterocycles. The SMILES string of the molecule is O=C(CCCCCNCCN=C1CCCC(Cl)=C1Cl)c1cc2c(cc1O)OCO2. The summed E-state index contributed by atoms with van der Waals surface area (Å²) in [5.41, 5.74) is 1.21. The van der Waals surface area contributed by atoms with Crippen LogP contribution < -0.4 is 14.8 Å². The molecule has 0 amide bonds. The number of hydrogen-bond acceptors (Lipinski definition) is 6. The number of hydrogen-bond donors (Lipinski definition) is 2. The highest BCUT2D eigenvalue weighted by Gasteiger charge is 2.20. The Morgan fingerprint density at radius 2 is 1.90 bits per heavy atom. The minimum Gasteiger partial charge on any atom is -0.507 e. The van der Waals surface area contributed by atoms with E-state index in [0.717, 1.165) is 57.3 Å². The molecule has 158 valence electrons. The summed E-state index contributed by atoms with van der Waals surface area (Å²) in [5, 5.41) is 14.7. The number of rotatable bonds is 10. The van der Waals surface area contributed by atoms with E-state index in [1.165, 1.54) is 6.07 Å². The third kappa shape index (κ3) is 6.11. The number of carbonyl (C=O) groups excluding carboxylic acids is 1. The summed E-state index contributed by atoms with van der Waals surface area (Å²) in [4.78, 5) is 16.9. The van der Waals surface area contributed by atoms with Crippen molar-refractivity contribution in [2.24, 2.45) is 4.99 Å². The monoisotopic (exact) mass is 440 g/mol. The number of nitrogens with one attached hydrogen (secondary N) is 1. The number of Topliss-reactive ketones (excluding diaryl/α,β-unsaturated/α-hetero) is 1. The molecule has 1 aromatic rings. The summed E-state index contributed by atoms with van der Waals surface area (Å²) >= 11 is 12.2. The van der Waals surface area contributed by atoms with Crippen LogP contribution in [0.3, 0.4) is 0 Å². The summed E-state index contributed by atoms with van der Waals surface area (Å²) in [6, 6.07) is 3.00. The van der Waals surface area contributed by atoms with Gasteiger partial charge in [0.15, 0.2) is 17.3 Å². The van der Waals surface area contributed by atoms with Gasteiger partial charge in [0.25, 0.3) is 0 Å². The summed E-state index contributed by atoms with van der Waals surface area (Å²) < 4.78 is 10.5. The van der Waals surface area contributed by atoms with Gasteiger partial charge >= 0.3 is 0 Å². The molecule has 0 saturated heterocycles. The molecule has 0 aromatic heterocycles. The number of halogens is 2. The highest BCUT2D eigenvalue weighted by molar-refractivity contribution is 6.49. The van der Waals surface area contributed by atoms with Gasteiger partial charge in [0, 0.05) is 24.1 Å². The number of ketones is 1. The molecule has 2 aliphatic rings. The van der Waals surface area contributed by atoms with Crippen LogP contribution in [0.1, 0.15) is 55.3 Å². The van der Waals surface area contributed by atoms with Crippen LogP contribution >= 0.6 is 23.2 Å². The van der Waals surface area contributed by atoms with Gasteiger partial charge in [0.05, 0.1) is 22.9 Å². The summed E-state index contributed by atoms with van der Waals surface area (Å²) in [7, 11) is 0. The largest absolute Gasteiger partial charge is 0.507 e. The normalized spacial score (nSPS) is 17.2. The molecule has 1 aromatic carbocycles. The van der Waals surface area contributed by atoms with E-state index < -0.39 is 0 Å². The molecule has 0 spiro atoms. The minimum atomic E-state index is -0.0827. The lowest BCUT2D eigenvalue weighted by Crippen LogP contribution is -2.20. The average molecular weight is 441 g/mol. The van der Waals surface area contributed by atoms with Gasteiger partial charge in [0.2, 0.25) is 6.79 Å². The standard InChI is InChI=1S/C21H26Cl2N2O4/c22-15-5-4-6-16(21(15)23)25-10-9-24-8-3-1-2-7-17(26)14-11-19-20(12-18(14)27)29-13-28-19/h11-12,24,27H,1-10,13H2. The fourth-order valence-electron chi connectivity index (χ4n) is 3.33. The maximum atomic E-state index is 12.3. The van der Waals surface area contributed by atoms with Crippen LogP contribution in [0, 0.1) is 0 Å². The van der Waals surface area contributed by atoms with Crippen molar-refractivity contribution in [2.75, 3.05) is 26.4 Å². The molecule has 0 fully saturated rings. The topological polar surface area (TPSA) is 80.2 Å². The second-order valence-corrected chi connectivity index (χ2v) is 7.94. The zero-order chi connectivity index (χ0) is 20.6. The Kier molecular flexibility index (Phi) is 8.21. The lowest BCUT2D eigenvalue weighted by Gasteiger charge is -2.13. The number of unbranched alkanes of at least 4 members (excludes halogenated alkanes) is 2. The Hall–Kier alpha value is -1.76. The molecule has 1 aliphatic heterocycles. The number of phenolic OH excluding ortho intramolecular Hbond substituents is 1. The van der Waals surface area contributed by atoms with E-state index >= 15 is 0 Å². The molecule has 0 atom stereocenters. The third-order valence-electron chi connectivity index (χ3n) is 4.94. The smallest absolute Gasteiger partial charge is 0.231 e. The van der Waals surface area contributed by atoms with Crippen molar-refractivity contribution in [3.8, 4) is 17.2 Å². The van der Waals surface area contributed by atoms with Gasteiger partial charge in [-0.05, 0) is 44.7 Å². The lowest BCUT2D eigenvalue weighted by molar-refractivity contribution is 0.0976. The molecule has 0 radical (unpaired) electrons. The summed E-state index contributed by atoms with van der Waals surface area (Å²) in [6.07, 6.45) is 5.81. The Morgan fingerprint density at radius 1 is 1.10 bits per heavy atom. The molecule has 29 heavy (non-hydrogen) atoms. The number of ether oxygens (including phenoxy) is 2. The predicted octanol–water partition coefficient (Wildman–Crippen LogP) is 4.77. The Labute approximate surface area is 180 Å². The Morgan fingerprint density at radius 3 is 2.72 bits per heavy atom. The van der Waals surface area contributed by atoms with Gasteiger partial charge in [-0.1, -0.05) is 29.6 Å². The van der Waals surface area contributed by atoms with Crippen LogP contribution in [0.2, 0.25) is 0 Å². The van der Waals surface area contributed by atoms with Crippen molar-refractivity contribution in [1.82, 2.24) is 5.32 Å². The van der Waals surface area contributed by atoms with E-state index in [1.54, 1.807) is 6.07 Å². The second kappa shape index (κ2) is 10.9. The lowest BCUT2D eigenvalue weighted by atomic mass is 10.0. The van der Waals surface area contributed by atoms with Crippen molar-refractivity contribution in [3.05, 3.63) is 27.8 Å². The number of benzene rings is 1. The van der Waals surface area contributed by atoms with E-state index in [0.29, 0.717) is 40.1 Å². The van der Waals surface area contributed by atoms with Crippen LogP contribution in [-0.4, -0.2) is 43.0 Å². The first-order valence-corrected chi connectivity index (χ1v) is 10.8. The van der Waals surface area contributed by atoms with Gasteiger partial charge in [-0.25, -0.2) is 0 Å². The summed E-state index contributed by atoms with van der Waals surface area (Å²) in [6.45, 7) is 2.45. The first-order valence-electron chi connectivity index (χ1n) is 10.0. The molecule has 0 bridgehead atoms. The van der Waals surface area contributed by atoms with Crippen LogP contribution in [0.5, 0.6) is 17.2 Å². The average Bonchev–Trinajstić information content (AvgIpc) is 3.16. The zero-order valence-electron chi connectivity index (χ0n) is 16.3. The maximum absolute atomic E-state index is 12.3. The molecule has 6 nitrogen and oxygen atoms in total. The van der Waals surface area contributed by atoms with Gasteiger partial charge < -0.3 is 19.9 Å². The van der Waals surface area contributed by atoms with Crippen molar-refractivity contribution in [1.29, 1.82) is 0 Å². The number of allylic oxidation sites excluding steroid dienone is 2. The highest BCUT2D eigenvalue weighted by atomic mass is 35.5. The number of nitrogens with zero attached hydrogens (tertiary/aromatic N) is 1. The van der Waals surface area contributed by atoms with E-state index in [4.69, 9.17) is 32.7 Å². The van der Waals surface area contributed by atoms with Crippen LogP contribution in [0.4, 0.5) is 0 Å². The maximum Gasteiger partial charge on any atom is 0.231 e.